The average Bonchev–Trinajstić information content (AvgIpc) is 2.84. The first-order chi connectivity index (χ1) is 10.5. The average molecular weight is 304 g/mol. The van der Waals surface area contributed by atoms with Crippen molar-refractivity contribution in [2.24, 2.45) is 5.92 Å². The summed E-state index contributed by atoms with van der Waals surface area (Å²) in [4.78, 5) is 27.4. The van der Waals surface area contributed by atoms with Crippen LogP contribution in [0, 0.1) is 5.92 Å². The van der Waals surface area contributed by atoms with Crippen molar-refractivity contribution in [1.29, 1.82) is 0 Å². The van der Waals surface area contributed by atoms with E-state index in [9.17, 15) is 9.59 Å². The highest BCUT2D eigenvalue weighted by Gasteiger charge is 2.29. The number of hydrogen-bond acceptors (Lipinski definition) is 3. The maximum Gasteiger partial charge on any atom is 0.253 e. The Balaban J connectivity index is 1.98. The minimum atomic E-state index is 0.00562. The number of methoxy groups -OCH3 is 1. The summed E-state index contributed by atoms with van der Waals surface area (Å²) in [6.45, 7) is 2.00. The van der Waals surface area contributed by atoms with Gasteiger partial charge in [0.1, 0.15) is 0 Å². The van der Waals surface area contributed by atoms with E-state index in [1.54, 1.807) is 26.1 Å². The van der Waals surface area contributed by atoms with Crippen molar-refractivity contribution < 1.29 is 14.3 Å². The highest BCUT2D eigenvalue weighted by molar-refractivity contribution is 5.94. The fraction of sp³-hybridized carbons (Fsp3) is 0.529. The number of rotatable bonds is 6. The molecule has 1 unspecified atom stereocenters. The minimum Gasteiger partial charge on any atom is -0.383 e. The van der Waals surface area contributed by atoms with Crippen molar-refractivity contribution in [2.45, 2.75) is 12.8 Å². The molecule has 0 bridgehead atoms. The molecule has 1 fully saturated rings. The highest BCUT2D eigenvalue weighted by Crippen LogP contribution is 2.22. The molecule has 1 aromatic carbocycles. The number of nitrogens with zero attached hydrogens (tertiary/aromatic N) is 2. The smallest absolute Gasteiger partial charge is 0.253 e. The van der Waals surface area contributed by atoms with Gasteiger partial charge in [0, 0.05) is 46.3 Å². The van der Waals surface area contributed by atoms with Gasteiger partial charge in [-0.15, -0.1) is 0 Å². The quantitative estimate of drug-likeness (QED) is 0.799. The molecule has 5 nitrogen and oxygen atoms in total. The van der Waals surface area contributed by atoms with Crippen LogP contribution >= 0.6 is 0 Å². The van der Waals surface area contributed by atoms with Gasteiger partial charge in [0.2, 0.25) is 5.91 Å². The van der Waals surface area contributed by atoms with E-state index in [2.05, 4.69) is 0 Å². The first-order valence-corrected chi connectivity index (χ1v) is 7.58. The summed E-state index contributed by atoms with van der Waals surface area (Å²) in [7, 11) is 5.14. The second-order valence-electron chi connectivity index (χ2n) is 6.01. The third kappa shape index (κ3) is 4.07. The van der Waals surface area contributed by atoms with Crippen molar-refractivity contribution in [1.82, 2.24) is 9.80 Å². The van der Waals surface area contributed by atoms with Gasteiger partial charge in [-0.2, -0.15) is 0 Å². The molecule has 0 saturated carbocycles. The molecule has 1 heterocycles. The van der Waals surface area contributed by atoms with Crippen LogP contribution in [-0.4, -0.2) is 62.5 Å². The monoisotopic (exact) mass is 304 g/mol. The summed E-state index contributed by atoms with van der Waals surface area (Å²) in [6.07, 6.45) is 1.40. The number of hydrogen-bond donors (Lipinski definition) is 0. The zero-order valence-corrected chi connectivity index (χ0v) is 13.5. The van der Waals surface area contributed by atoms with E-state index < -0.39 is 0 Å². The zero-order valence-electron chi connectivity index (χ0n) is 13.5. The molecule has 120 valence electrons. The maximum atomic E-state index is 12.0. The highest BCUT2D eigenvalue weighted by atomic mass is 16.5. The van der Waals surface area contributed by atoms with Gasteiger partial charge in [-0.25, -0.2) is 0 Å². The van der Waals surface area contributed by atoms with Crippen LogP contribution in [-0.2, 0) is 16.0 Å². The normalized spacial score (nSPS) is 17.9. The first kappa shape index (κ1) is 16.5. The Kier molecular flexibility index (Phi) is 5.55. The van der Waals surface area contributed by atoms with E-state index in [-0.39, 0.29) is 11.8 Å². The van der Waals surface area contributed by atoms with E-state index in [1.807, 2.05) is 29.2 Å². The van der Waals surface area contributed by atoms with Crippen LogP contribution in [0.25, 0.3) is 0 Å². The molecule has 5 heteroatoms. The van der Waals surface area contributed by atoms with Crippen LogP contribution in [0.5, 0.6) is 0 Å². The largest absolute Gasteiger partial charge is 0.383 e. The predicted octanol–water partition coefficient (Wildman–Crippen LogP) is 1.43. The number of benzene rings is 1. The van der Waals surface area contributed by atoms with Crippen LogP contribution in [0.15, 0.2) is 24.3 Å². The summed E-state index contributed by atoms with van der Waals surface area (Å²) in [6, 6.07) is 7.70. The lowest BCUT2D eigenvalue weighted by molar-refractivity contribution is -0.128. The van der Waals surface area contributed by atoms with Crippen LogP contribution in [0.3, 0.4) is 0 Å². The minimum absolute atomic E-state index is 0.00562. The summed E-state index contributed by atoms with van der Waals surface area (Å²) in [5.41, 5.74) is 1.81. The number of ether oxygens (including phenoxy) is 1. The third-order valence-corrected chi connectivity index (χ3v) is 3.96. The molecule has 1 aliphatic rings. The lowest BCUT2D eigenvalue weighted by Crippen LogP contribution is -2.28. The molecule has 0 N–H and O–H groups in total. The van der Waals surface area contributed by atoms with Gasteiger partial charge in [-0.1, -0.05) is 12.1 Å². The molecule has 0 radical (unpaired) electrons. The molecule has 1 aliphatic heterocycles. The van der Waals surface area contributed by atoms with Crippen LogP contribution in [0.1, 0.15) is 22.3 Å². The van der Waals surface area contributed by atoms with Crippen molar-refractivity contribution in [3.63, 3.8) is 0 Å². The van der Waals surface area contributed by atoms with Crippen molar-refractivity contribution >= 4 is 11.8 Å². The van der Waals surface area contributed by atoms with Crippen molar-refractivity contribution in [3.8, 4) is 0 Å². The Hall–Kier alpha value is -1.88. The van der Waals surface area contributed by atoms with Gasteiger partial charge in [0.25, 0.3) is 5.91 Å². The van der Waals surface area contributed by atoms with Gasteiger partial charge in [0.15, 0.2) is 0 Å². The summed E-state index contributed by atoms with van der Waals surface area (Å²) < 4.78 is 5.03. The molecule has 1 aromatic rings. The number of carbonyl (C=O) groups excluding carboxylic acids is 2. The van der Waals surface area contributed by atoms with E-state index in [1.165, 1.54) is 0 Å². The predicted molar refractivity (Wildman–Crippen MR) is 84.7 cm³/mol. The number of carbonyl (C=O) groups is 2. The lowest BCUT2D eigenvalue weighted by atomic mass is 9.97. The van der Waals surface area contributed by atoms with Crippen molar-refractivity contribution in [3.05, 3.63) is 35.4 Å². The number of amides is 2. The molecular weight excluding hydrogens is 280 g/mol. The Labute approximate surface area is 131 Å². The molecule has 1 atom stereocenters. The topological polar surface area (TPSA) is 49.9 Å². The SMILES string of the molecule is COCCN1CC(Cc2cccc(C(=O)N(C)C)c2)CC1=O. The van der Waals surface area contributed by atoms with Gasteiger partial charge >= 0.3 is 0 Å². The molecule has 0 aliphatic carbocycles. The molecule has 22 heavy (non-hydrogen) atoms. The van der Waals surface area contributed by atoms with Gasteiger partial charge in [0.05, 0.1) is 6.61 Å². The Morgan fingerprint density at radius 2 is 2.18 bits per heavy atom. The summed E-state index contributed by atoms with van der Waals surface area (Å²) in [5.74, 6) is 0.516. The standard InChI is InChI=1S/C17H24N2O3/c1-18(2)17(21)15-6-4-5-13(10-15)9-14-11-16(20)19(12-14)7-8-22-3/h4-6,10,14H,7-9,11-12H2,1-3H3. The Bertz CT molecular complexity index is 542. The molecule has 2 amide bonds. The van der Waals surface area contributed by atoms with Crippen LogP contribution < -0.4 is 0 Å². The maximum absolute atomic E-state index is 12.0. The van der Waals surface area contributed by atoms with Gasteiger partial charge < -0.3 is 14.5 Å². The second-order valence-corrected chi connectivity index (χ2v) is 6.01. The van der Waals surface area contributed by atoms with E-state index in [0.29, 0.717) is 31.1 Å². The van der Waals surface area contributed by atoms with E-state index in [0.717, 1.165) is 18.5 Å². The lowest BCUT2D eigenvalue weighted by Gasteiger charge is -2.16. The van der Waals surface area contributed by atoms with E-state index >= 15 is 0 Å². The molecule has 1 saturated heterocycles. The molecule has 0 spiro atoms. The molecular formula is C17H24N2O3. The third-order valence-electron chi connectivity index (χ3n) is 3.96. The fourth-order valence-electron chi connectivity index (χ4n) is 2.83. The first-order valence-electron chi connectivity index (χ1n) is 7.58. The Morgan fingerprint density at radius 1 is 1.41 bits per heavy atom. The van der Waals surface area contributed by atoms with Crippen LogP contribution in [0.4, 0.5) is 0 Å². The van der Waals surface area contributed by atoms with Gasteiger partial charge in [-0.05, 0) is 30.0 Å². The van der Waals surface area contributed by atoms with Crippen molar-refractivity contribution in [2.75, 3.05) is 40.9 Å². The summed E-state index contributed by atoms with van der Waals surface area (Å²) in [5, 5.41) is 0. The van der Waals surface area contributed by atoms with Crippen LogP contribution in [0.2, 0.25) is 0 Å². The molecule has 2 rings (SSSR count). The Morgan fingerprint density at radius 3 is 2.86 bits per heavy atom. The number of likely N-dealkylation sites (tertiary alicyclic amines) is 1. The van der Waals surface area contributed by atoms with Gasteiger partial charge in [-0.3, -0.25) is 9.59 Å². The summed E-state index contributed by atoms with van der Waals surface area (Å²) >= 11 is 0. The van der Waals surface area contributed by atoms with E-state index in [4.69, 9.17) is 4.74 Å². The molecule has 0 aromatic heterocycles. The zero-order chi connectivity index (χ0) is 16.1. The second kappa shape index (κ2) is 7.40. The fourth-order valence-corrected chi connectivity index (χ4v) is 2.83.